The highest BCUT2D eigenvalue weighted by Gasteiger charge is 2.58. The van der Waals surface area contributed by atoms with E-state index in [0.29, 0.717) is 0 Å². The number of hydrogen-bond acceptors (Lipinski definition) is 0. The van der Waals surface area contributed by atoms with Crippen LogP contribution in [0.2, 0.25) is 0 Å². The SMILES string of the molecule is [O]C(c1ccccc1)(c1ccccc1)C(F)(F)F. The lowest BCUT2D eigenvalue weighted by Crippen LogP contribution is -2.42. The maximum atomic E-state index is 13.2. The van der Waals surface area contributed by atoms with Gasteiger partial charge in [-0.25, -0.2) is 5.11 Å². The largest absolute Gasteiger partial charge is 0.429 e. The van der Waals surface area contributed by atoms with E-state index in [-0.39, 0.29) is 11.1 Å². The Hall–Kier alpha value is -1.81. The monoisotopic (exact) mass is 251 g/mol. The lowest BCUT2D eigenvalue weighted by molar-refractivity contribution is -0.269. The third-order valence-electron chi connectivity index (χ3n) is 2.76. The van der Waals surface area contributed by atoms with Gasteiger partial charge < -0.3 is 0 Å². The molecule has 0 aromatic heterocycles. The van der Waals surface area contributed by atoms with Crippen molar-refractivity contribution in [2.45, 2.75) is 11.8 Å². The quantitative estimate of drug-likeness (QED) is 0.770. The van der Waals surface area contributed by atoms with Crippen LogP contribution in [0.3, 0.4) is 0 Å². The number of halogens is 3. The molecule has 0 amide bonds. The molecule has 0 N–H and O–H groups in total. The van der Waals surface area contributed by atoms with Crippen molar-refractivity contribution in [2.75, 3.05) is 0 Å². The van der Waals surface area contributed by atoms with Crippen LogP contribution in [-0.2, 0) is 10.7 Å². The normalized spacial score (nSPS) is 12.4. The van der Waals surface area contributed by atoms with Gasteiger partial charge >= 0.3 is 6.18 Å². The molecular formula is C14H10F3O. The van der Waals surface area contributed by atoms with Gasteiger partial charge in [0, 0.05) is 11.1 Å². The third kappa shape index (κ3) is 1.99. The molecule has 0 aliphatic heterocycles. The summed E-state index contributed by atoms with van der Waals surface area (Å²) in [4.78, 5) is 0. The van der Waals surface area contributed by atoms with Crippen molar-refractivity contribution in [3.8, 4) is 0 Å². The minimum atomic E-state index is -4.89. The summed E-state index contributed by atoms with van der Waals surface area (Å²) < 4.78 is 39.5. The average Bonchev–Trinajstić information content (AvgIpc) is 2.38. The highest BCUT2D eigenvalue weighted by Crippen LogP contribution is 2.44. The van der Waals surface area contributed by atoms with Crippen LogP contribution < -0.4 is 0 Å². The number of rotatable bonds is 2. The fourth-order valence-corrected chi connectivity index (χ4v) is 1.84. The zero-order valence-corrected chi connectivity index (χ0v) is 9.32. The van der Waals surface area contributed by atoms with E-state index in [0.717, 1.165) is 0 Å². The Morgan fingerprint density at radius 1 is 0.667 bits per heavy atom. The molecule has 0 unspecified atom stereocenters. The summed E-state index contributed by atoms with van der Waals surface area (Å²) >= 11 is 0. The maximum Gasteiger partial charge on any atom is 0.429 e. The van der Waals surface area contributed by atoms with E-state index in [1.54, 1.807) is 12.1 Å². The average molecular weight is 251 g/mol. The fraction of sp³-hybridized carbons (Fsp3) is 0.143. The molecule has 2 rings (SSSR count). The summed E-state index contributed by atoms with van der Waals surface area (Å²) in [7, 11) is 0. The third-order valence-corrected chi connectivity index (χ3v) is 2.76. The van der Waals surface area contributed by atoms with E-state index in [1.807, 2.05) is 0 Å². The zero-order chi connectivity index (χ0) is 13.2. The summed E-state index contributed by atoms with van der Waals surface area (Å²) in [5.74, 6) is 0. The Balaban J connectivity index is 2.63. The summed E-state index contributed by atoms with van der Waals surface area (Å²) in [6, 6.07) is 13.7. The van der Waals surface area contributed by atoms with Crippen molar-refractivity contribution in [1.29, 1.82) is 0 Å². The van der Waals surface area contributed by atoms with Crippen molar-refractivity contribution in [1.82, 2.24) is 0 Å². The van der Waals surface area contributed by atoms with Crippen LogP contribution in [0.25, 0.3) is 0 Å². The second-order valence-corrected chi connectivity index (χ2v) is 3.91. The Bertz CT molecular complexity index is 466. The van der Waals surface area contributed by atoms with Crippen molar-refractivity contribution in [3.63, 3.8) is 0 Å². The molecule has 4 heteroatoms. The fourth-order valence-electron chi connectivity index (χ4n) is 1.84. The van der Waals surface area contributed by atoms with Crippen LogP contribution in [-0.4, -0.2) is 6.18 Å². The molecule has 0 aliphatic carbocycles. The van der Waals surface area contributed by atoms with Crippen LogP contribution in [0.1, 0.15) is 11.1 Å². The Labute approximate surface area is 103 Å². The van der Waals surface area contributed by atoms with Gasteiger partial charge in [-0.2, -0.15) is 13.2 Å². The minimum Gasteiger partial charge on any atom is -0.209 e. The lowest BCUT2D eigenvalue weighted by Gasteiger charge is -2.29. The predicted octanol–water partition coefficient (Wildman–Crippen LogP) is 3.92. The Morgan fingerprint density at radius 3 is 1.28 bits per heavy atom. The van der Waals surface area contributed by atoms with Crippen LogP contribution in [0.4, 0.5) is 13.2 Å². The molecule has 0 atom stereocenters. The molecule has 0 heterocycles. The first-order chi connectivity index (χ1) is 8.46. The van der Waals surface area contributed by atoms with Crippen molar-refractivity contribution < 1.29 is 18.3 Å². The molecule has 0 saturated heterocycles. The van der Waals surface area contributed by atoms with Gasteiger partial charge in [-0.1, -0.05) is 60.7 Å². The zero-order valence-electron chi connectivity index (χ0n) is 9.32. The van der Waals surface area contributed by atoms with Gasteiger partial charge in [0.25, 0.3) is 0 Å². The first-order valence-electron chi connectivity index (χ1n) is 5.34. The van der Waals surface area contributed by atoms with Gasteiger partial charge in [0.05, 0.1) is 0 Å². The number of benzene rings is 2. The van der Waals surface area contributed by atoms with Crippen molar-refractivity contribution in [2.24, 2.45) is 0 Å². The predicted molar refractivity (Wildman–Crippen MR) is 60.4 cm³/mol. The van der Waals surface area contributed by atoms with E-state index in [9.17, 15) is 18.3 Å². The molecular weight excluding hydrogens is 241 g/mol. The summed E-state index contributed by atoms with van der Waals surface area (Å²) in [5, 5.41) is 12.4. The van der Waals surface area contributed by atoms with E-state index in [1.165, 1.54) is 48.5 Å². The van der Waals surface area contributed by atoms with E-state index >= 15 is 0 Å². The van der Waals surface area contributed by atoms with Crippen LogP contribution >= 0.6 is 0 Å². The van der Waals surface area contributed by atoms with E-state index < -0.39 is 11.8 Å². The number of hydrogen-bond donors (Lipinski definition) is 0. The second-order valence-electron chi connectivity index (χ2n) is 3.91. The molecule has 0 bridgehead atoms. The number of alkyl halides is 3. The van der Waals surface area contributed by atoms with Crippen LogP contribution in [0.15, 0.2) is 60.7 Å². The molecule has 0 aliphatic rings. The van der Waals surface area contributed by atoms with Crippen molar-refractivity contribution in [3.05, 3.63) is 71.8 Å². The van der Waals surface area contributed by atoms with E-state index in [4.69, 9.17) is 0 Å². The summed E-state index contributed by atoms with van der Waals surface area (Å²) in [6.45, 7) is 0. The second kappa shape index (κ2) is 4.46. The maximum absolute atomic E-state index is 13.2. The smallest absolute Gasteiger partial charge is 0.209 e. The first-order valence-corrected chi connectivity index (χ1v) is 5.34. The first kappa shape index (κ1) is 12.6. The molecule has 0 saturated carbocycles. The van der Waals surface area contributed by atoms with Gasteiger partial charge in [-0.3, -0.25) is 0 Å². The minimum absolute atomic E-state index is 0.302. The lowest BCUT2D eigenvalue weighted by atomic mass is 9.86. The van der Waals surface area contributed by atoms with E-state index in [2.05, 4.69) is 0 Å². The highest BCUT2D eigenvalue weighted by atomic mass is 19.4. The summed E-state index contributed by atoms with van der Waals surface area (Å²) in [5.41, 5.74) is -3.83. The Kier molecular flexibility index (Phi) is 3.13. The van der Waals surface area contributed by atoms with Crippen LogP contribution in [0, 0.1) is 0 Å². The molecule has 1 nitrogen and oxygen atoms in total. The van der Waals surface area contributed by atoms with Gasteiger partial charge in [-0.05, 0) is 0 Å². The molecule has 93 valence electrons. The van der Waals surface area contributed by atoms with Gasteiger partial charge in [0.1, 0.15) is 0 Å². The molecule has 2 aromatic carbocycles. The topological polar surface area (TPSA) is 19.9 Å². The van der Waals surface area contributed by atoms with Crippen molar-refractivity contribution >= 4 is 0 Å². The molecule has 1 radical (unpaired) electrons. The molecule has 0 spiro atoms. The van der Waals surface area contributed by atoms with Crippen LogP contribution in [0.5, 0.6) is 0 Å². The standard InChI is InChI=1S/C14H10F3O/c15-14(16,17)13(18,11-7-3-1-4-8-11)12-9-5-2-6-10-12/h1-10H. The highest BCUT2D eigenvalue weighted by molar-refractivity contribution is 5.37. The van der Waals surface area contributed by atoms with Gasteiger partial charge in [0.15, 0.2) is 0 Å². The Morgan fingerprint density at radius 2 is 1.00 bits per heavy atom. The molecule has 0 fully saturated rings. The van der Waals surface area contributed by atoms with Gasteiger partial charge in [-0.15, -0.1) is 0 Å². The van der Waals surface area contributed by atoms with Gasteiger partial charge in [0.2, 0.25) is 5.60 Å². The summed E-state index contributed by atoms with van der Waals surface area (Å²) in [6.07, 6.45) is -4.89. The molecule has 2 aromatic rings. The molecule has 18 heavy (non-hydrogen) atoms.